The zero-order valence-electron chi connectivity index (χ0n) is 17.2. The SMILES string of the molecule is c1ccc(CN(CCCCOc2ccc3ccccc3c2)Cc2ccccn2)nc1. The van der Waals surface area contributed by atoms with Crippen LogP contribution in [-0.4, -0.2) is 28.0 Å². The monoisotopic (exact) mass is 397 g/mol. The molecule has 0 atom stereocenters. The summed E-state index contributed by atoms with van der Waals surface area (Å²) in [5, 5.41) is 2.46. The molecule has 0 bridgehead atoms. The lowest BCUT2D eigenvalue weighted by molar-refractivity contribution is 0.232. The highest BCUT2D eigenvalue weighted by atomic mass is 16.5. The average Bonchev–Trinajstić information content (AvgIpc) is 2.80. The first-order valence-corrected chi connectivity index (χ1v) is 10.5. The lowest BCUT2D eigenvalue weighted by atomic mass is 10.1. The summed E-state index contributed by atoms with van der Waals surface area (Å²) in [5.41, 5.74) is 2.17. The molecular formula is C26H27N3O. The highest BCUT2D eigenvalue weighted by molar-refractivity contribution is 5.83. The summed E-state index contributed by atoms with van der Waals surface area (Å²) in [7, 11) is 0. The zero-order valence-corrected chi connectivity index (χ0v) is 17.2. The third-order valence-corrected chi connectivity index (χ3v) is 5.08. The standard InChI is InChI=1S/C26H27N3O/c1-2-10-23-19-26(14-13-22(23)9-1)30-18-8-7-17-29(20-24-11-3-5-15-27-24)21-25-12-4-6-16-28-25/h1-6,9-16,19H,7-8,17-18,20-21H2. The van der Waals surface area contributed by atoms with Crippen molar-refractivity contribution in [2.24, 2.45) is 0 Å². The van der Waals surface area contributed by atoms with Gasteiger partial charge in [0.15, 0.2) is 0 Å². The van der Waals surface area contributed by atoms with E-state index < -0.39 is 0 Å². The molecular weight excluding hydrogens is 370 g/mol. The Morgan fingerprint density at radius 2 is 1.33 bits per heavy atom. The van der Waals surface area contributed by atoms with E-state index in [0.29, 0.717) is 0 Å². The predicted octanol–water partition coefficient (Wildman–Crippen LogP) is 5.49. The van der Waals surface area contributed by atoms with E-state index in [1.165, 1.54) is 10.8 Å². The van der Waals surface area contributed by atoms with Gasteiger partial charge in [0.05, 0.1) is 18.0 Å². The van der Waals surface area contributed by atoms with Crippen LogP contribution < -0.4 is 4.74 Å². The second kappa shape index (κ2) is 10.5. The van der Waals surface area contributed by atoms with E-state index in [9.17, 15) is 0 Å². The highest BCUT2D eigenvalue weighted by Crippen LogP contribution is 2.20. The van der Waals surface area contributed by atoms with E-state index in [0.717, 1.165) is 56.2 Å². The van der Waals surface area contributed by atoms with Crippen LogP contribution in [0.1, 0.15) is 24.2 Å². The Hall–Kier alpha value is -3.24. The van der Waals surface area contributed by atoms with Crippen molar-refractivity contribution in [3.63, 3.8) is 0 Å². The Kier molecular flexibility index (Phi) is 7.03. The summed E-state index contributed by atoms with van der Waals surface area (Å²) in [6, 6.07) is 26.8. The number of fused-ring (bicyclic) bond motifs is 1. The van der Waals surface area contributed by atoms with Crippen LogP contribution in [0.25, 0.3) is 10.8 Å². The third kappa shape index (κ3) is 5.88. The number of pyridine rings is 2. The van der Waals surface area contributed by atoms with E-state index in [1.807, 2.05) is 36.7 Å². The minimum atomic E-state index is 0.722. The molecule has 0 spiro atoms. The number of nitrogens with zero attached hydrogens (tertiary/aromatic N) is 3. The molecule has 0 N–H and O–H groups in total. The van der Waals surface area contributed by atoms with Crippen molar-refractivity contribution in [3.05, 3.63) is 103 Å². The third-order valence-electron chi connectivity index (χ3n) is 5.08. The van der Waals surface area contributed by atoms with Crippen LogP contribution in [0, 0.1) is 0 Å². The van der Waals surface area contributed by atoms with Gasteiger partial charge in [-0.05, 0) is 66.6 Å². The largest absolute Gasteiger partial charge is 0.494 e. The first-order chi connectivity index (χ1) is 14.9. The molecule has 0 saturated carbocycles. The number of rotatable bonds is 10. The molecule has 2 aromatic carbocycles. The molecule has 0 unspecified atom stereocenters. The number of ether oxygens (including phenoxy) is 1. The second-order valence-corrected chi connectivity index (χ2v) is 7.42. The van der Waals surface area contributed by atoms with Crippen molar-refractivity contribution in [3.8, 4) is 5.75 Å². The summed E-state index contributed by atoms with van der Waals surface area (Å²) < 4.78 is 5.99. The van der Waals surface area contributed by atoms with Gasteiger partial charge in [-0.2, -0.15) is 0 Å². The van der Waals surface area contributed by atoms with Crippen molar-refractivity contribution >= 4 is 10.8 Å². The van der Waals surface area contributed by atoms with Gasteiger partial charge in [0, 0.05) is 25.5 Å². The molecule has 4 heteroatoms. The predicted molar refractivity (Wildman–Crippen MR) is 121 cm³/mol. The lowest BCUT2D eigenvalue weighted by Gasteiger charge is -2.21. The lowest BCUT2D eigenvalue weighted by Crippen LogP contribution is -2.25. The first-order valence-electron chi connectivity index (χ1n) is 10.5. The summed E-state index contributed by atoms with van der Waals surface area (Å²) in [4.78, 5) is 11.4. The Morgan fingerprint density at radius 1 is 0.667 bits per heavy atom. The fraction of sp³-hybridized carbons (Fsp3) is 0.231. The van der Waals surface area contributed by atoms with Gasteiger partial charge in [0.2, 0.25) is 0 Å². The van der Waals surface area contributed by atoms with Crippen molar-refractivity contribution in [2.75, 3.05) is 13.2 Å². The summed E-state index contributed by atoms with van der Waals surface area (Å²) in [5.74, 6) is 0.938. The van der Waals surface area contributed by atoms with Gasteiger partial charge in [-0.3, -0.25) is 14.9 Å². The van der Waals surface area contributed by atoms with Crippen molar-refractivity contribution in [1.29, 1.82) is 0 Å². The molecule has 4 aromatic rings. The van der Waals surface area contributed by atoms with Crippen LogP contribution >= 0.6 is 0 Å². The summed E-state index contributed by atoms with van der Waals surface area (Å²) in [6.45, 7) is 3.35. The topological polar surface area (TPSA) is 38.2 Å². The Morgan fingerprint density at radius 3 is 2.00 bits per heavy atom. The Labute approximate surface area is 178 Å². The van der Waals surface area contributed by atoms with Crippen LogP contribution in [0.4, 0.5) is 0 Å². The molecule has 0 radical (unpaired) electrons. The average molecular weight is 398 g/mol. The van der Waals surface area contributed by atoms with Crippen LogP contribution in [0.3, 0.4) is 0 Å². The molecule has 2 aromatic heterocycles. The quantitative estimate of drug-likeness (QED) is 0.332. The molecule has 4 nitrogen and oxygen atoms in total. The van der Waals surface area contributed by atoms with E-state index in [4.69, 9.17) is 4.74 Å². The Bertz CT molecular complexity index is 996. The number of hydrogen-bond acceptors (Lipinski definition) is 4. The fourth-order valence-electron chi connectivity index (χ4n) is 3.54. The number of aromatic nitrogens is 2. The number of hydrogen-bond donors (Lipinski definition) is 0. The van der Waals surface area contributed by atoms with E-state index in [-0.39, 0.29) is 0 Å². The minimum Gasteiger partial charge on any atom is -0.494 e. The van der Waals surface area contributed by atoms with Gasteiger partial charge in [-0.15, -0.1) is 0 Å². The minimum absolute atomic E-state index is 0.722. The van der Waals surface area contributed by atoms with Gasteiger partial charge in [0.1, 0.15) is 5.75 Å². The maximum absolute atomic E-state index is 5.99. The zero-order chi connectivity index (χ0) is 20.4. The van der Waals surface area contributed by atoms with Crippen LogP contribution in [0.5, 0.6) is 5.75 Å². The highest BCUT2D eigenvalue weighted by Gasteiger charge is 2.09. The molecule has 152 valence electrons. The maximum Gasteiger partial charge on any atom is 0.119 e. The van der Waals surface area contributed by atoms with Crippen LogP contribution in [0.15, 0.2) is 91.3 Å². The fourth-order valence-corrected chi connectivity index (χ4v) is 3.54. The smallest absolute Gasteiger partial charge is 0.119 e. The normalized spacial score (nSPS) is 11.1. The Balaban J connectivity index is 1.28. The van der Waals surface area contributed by atoms with Gasteiger partial charge >= 0.3 is 0 Å². The van der Waals surface area contributed by atoms with Crippen molar-refractivity contribution in [2.45, 2.75) is 25.9 Å². The molecule has 0 saturated heterocycles. The molecule has 0 amide bonds. The maximum atomic E-state index is 5.99. The number of unbranched alkanes of at least 4 members (excludes halogenated alkanes) is 1. The molecule has 0 aliphatic heterocycles. The molecule has 30 heavy (non-hydrogen) atoms. The van der Waals surface area contributed by atoms with Gasteiger partial charge in [0.25, 0.3) is 0 Å². The van der Waals surface area contributed by atoms with Crippen molar-refractivity contribution < 1.29 is 4.74 Å². The molecule has 0 aliphatic carbocycles. The second-order valence-electron chi connectivity index (χ2n) is 7.42. The summed E-state index contributed by atoms with van der Waals surface area (Å²) in [6.07, 6.45) is 5.78. The molecule has 4 rings (SSSR count). The van der Waals surface area contributed by atoms with Gasteiger partial charge in [-0.25, -0.2) is 0 Å². The van der Waals surface area contributed by atoms with Crippen molar-refractivity contribution in [1.82, 2.24) is 14.9 Å². The van der Waals surface area contributed by atoms with Crippen LogP contribution in [-0.2, 0) is 13.1 Å². The van der Waals surface area contributed by atoms with E-state index >= 15 is 0 Å². The molecule has 0 fully saturated rings. The van der Waals surface area contributed by atoms with E-state index in [1.54, 1.807) is 0 Å². The first kappa shape index (κ1) is 20.0. The van der Waals surface area contributed by atoms with Gasteiger partial charge < -0.3 is 4.74 Å². The van der Waals surface area contributed by atoms with Crippen LogP contribution in [0.2, 0.25) is 0 Å². The number of benzene rings is 2. The summed E-state index contributed by atoms with van der Waals surface area (Å²) >= 11 is 0. The molecule has 2 heterocycles. The molecule has 0 aliphatic rings. The van der Waals surface area contributed by atoms with Gasteiger partial charge in [-0.1, -0.05) is 42.5 Å². The van der Waals surface area contributed by atoms with E-state index in [2.05, 4.69) is 69.5 Å².